The van der Waals surface area contributed by atoms with Crippen molar-refractivity contribution in [3.8, 4) is 0 Å². The summed E-state index contributed by atoms with van der Waals surface area (Å²) in [7, 11) is 0. The lowest BCUT2D eigenvalue weighted by atomic mass is 10.1. The first-order valence-corrected chi connectivity index (χ1v) is 9.33. The Balaban J connectivity index is 1.60. The number of benzene rings is 2. The molecule has 1 atom stereocenters. The smallest absolute Gasteiger partial charge is 0.184 e. The van der Waals surface area contributed by atoms with Crippen LogP contribution in [0.3, 0.4) is 0 Å². The number of nitrogens with two attached hydrogens (primary N) is 1. The lowest BCUT2D eigenvalue weighted by Crippen LogP contribution is -2.26. The van der Waals surface area contributed by atoms with E-state index in [1.54, 1.807) is 0 Å². The number of anilines is 1. The minimum Gasteiger partial charge on any atom is -0.378 e. The molecular formula is C20H24FN5S. The Hall–Kier alpha value is -2.51. The van der Waals surface area contributed by atoms with Crippen molar-refractivity contribution in [1.29, 1.82) is 0 Å². The van der Waals surface area contributed by atoms with Gasteiger partial charge in [-0.15, -0.1) is 0 Å². The Labute approximate surface area is 164 Å². The van der Waals surface area contributed by atoms with Crippen LogP contribution in [-0.4, -0.2) is 35.4 Å². The van der Waals surface area contributed by atoms with E-state index >= 15 is 0 Å². The first kappa shape index (κ1) is 19.3. The minimum atomic E-state index is -0.284. The van der Waals surface area contributed by atoms with Gasteiger partial charge < -0.3 is 11.1 Å². The quantitative estimate of drug-likeness (QED) is 0.405. The summed E-state index contributed by atoms with van der Waals surface area (Å²) in [6.45, 7) is 4.71. The van der Waals surface area contributed by atoms with Gasteiger partial charge in [0.25, 0.3) is 0 Å². The Morgan fingerprint density at radius 1 is 1.37 bits per heavy atom. The van der Waals surface area contributed by atoms with Crippen molar-refractivity contribution in [1.82, 2.24) is 10.3 Å². The number of halogens is 1. The molecule has 0 radical (unpaired) electrons. The van der Waals surface area contributed by atoms with E-state index in [0.29, 0.717) is 11.3 Å². The van der Waals surface area contributed by atoms with E-state index in [4.69, 9.17) is 5.73 Å². The number of hydrogen-bond donors (Lipinski definition) is 3. The van der Waals surface area contributed by atoms with E-state index in [2.05, 4.69) is 57.2 Å². The lowest BCUT2D eigenvalue weighted by Gasteiger charge is -2.19. The molecule has 4 N–H and O–H groups in total. The Bertz CT molecular complexity index is 801. The molecule has 5 nitrogen and oxygen atoms in total. The van der Waals surface area contributed by atoms with Gasteiger partial charge in [-0.1, -0.05) is 30.3 Å². The second-order valence-corrected chi connectivity index (χ2v) is 7.22. The summed E-state index contributed by atoms with van der Waals surface area (Å²) < 4.78 is 14.6. The van der Waals surface area contributed by atoms with Crippen LogP contribution in [0, 0.1) is 12.7 Å². The van der Waals surface area contributed by atoms with Crippen molar-refractivity contribution in [3.63, 3.8) is 0 Å². The maximum absolute atomic E-state index is 14.6. The number of likely N-dealkylation sites (tertiary alicyclic amines) is 1. The second-order valence-electron chi connectivity index (χ2n) is 6.78. The molecule has 0 aliphatic carbocycles. The molecule has 0 unspecified atom stereocenters. The molecule has 1 aliphatic heterocycles. The van der Waals surface area contributed by atoms with Crippen LogP contribution in [0.1, 0.15) is 23.1 Å². The van der Waals surface area contributed by atoms with Gasteiger partial charge in [-0.25, -0.2) is 4.39 Å². The number of nitrogens with one attached hydrogen (secondary N) is 2. The third-order valence-electron chi connectivity index (χ3n) is 4.57. The zero-order valence-corrected chi connectivity index (χ0v) is 16.1. The molecule has 1 fully saturated rings. The normalized spacial score (nSPS) is 17.3. The largest absolute Gasteiger partial charge is 0.378 e. The molecule has 1 aliphatic rings. The van der Waals surface area contributed by atoms with E-state index in [-0.39, 0.29) is 17.0 Å². The molecule has 2 aromatic carbocycles. The zero-order valence-electron chi connectivity index (χ0n) is 15.3. The maximum Gasteiger partial charge on any atom is 0.184 e. The van der Waals surface area contributed by atoms with Gasteiger partial charge in [0.15, 0.2) is 5.11 Å². The van der Waals surface area contributed by atoms with Crippen LogP contribution in [0.25, 0.3) is 0 Å². The molecule has 142 valence electrons. The summed E-state index contributed by atoms with van der Waals surface area (Å²) in [5.41, 5.74) is 11.1. The molecular weight excluding hydrogens is 361 g/mol. The van der Waals surface area contributed by atoms with Gasteiger partial charge in [0.2, 0.25) is 0 Å². The van der Waals surface area contributed by atoms with Crippen molar-refractivity contribution >= 4 is 29.2 Å². The topological polar surface area (TPSA) is 65.7 Å². The monoisotopic (exact) mass is 385 g/mol. The van der Waals surface area contributed by atoms with Crippen LogP contribution < -0.4 is 16.5 Å². The Morgan fingerprint density at radius 2 is 2.15 bits per heavy atom. The first-order chi connectivity index (χ1) is 13.0. The zero-order chi connectivity index (χ0) is 19.2. The summed E-state index contributed by atoms with van der Waals surface area (Å²) in [4.78, 5) is 2.39. The summed E-state index contributed by atoms with van der Waals surface area (Å²) in [6.07, 6.45) is 2.49. The second kappa shape index (κ2) is 8.92. The SMILES string of the molecule is Cc1cc(/C=N/NC(N)=S)cc(F)c1N[C@@H]1CCN(Cc2ccccc2)C1. The number of hydrazone groups is 1. The molecule has 0 aromatic heterocycles. The number of nitrogens with zero attached hydrogens (tertiary/aromatic N) is 2. The van der Waals surface area contributed by atoms with Crippen molar-refractivity contribution in [2.24, 2.45) is 10.8 Å². The molecule has 27 heavy (non-hydrogen) atoms. The van der Waals surface area contributed by atoms with Crippen LogP contribution in [0.5, 0.6) is 0 Å². The molecule has 0 saturated carbocycles. The van der Waals surface area contributed by atoms with Crippen LogP contribution in [0.15, 0.2) is 47.6 Å². The third-order valence-corrected chi connectivity index (χ3v) is 4.66. The number of hydrogen-bond acceptors (Lipinski definition) is 4. The summed E-state index contributed by atoms with van der Waals surface area (Å²) in [6, 6.07) is 14.0. The van der Waals surface area contributed by atoms with Gasteiger partial charge in [0.05, 0.1) is 11.9 Å². The van der Waals surface area contributed by atoms with Crippen molar-refractivity contribution in [2.75, 3.05) is 18.4 Å². The highest BCUT2D eigenvalue weighted by Crippen LogP contribution is 2.24. The fourth-order valence-corrected chi connectivity index (χ4v) is 3.39. The van der Waals surface area contributed by atoms with Gasteiger partial charge in [0.1, 0.15) is 5.82 Å². The van der Waals surface area contributed by atoms with E-state index < -0.39 is 0 Å². The standard InChI is InChI=1S/C20H24FN5S/c1-14-9-16(11-23-25-20(22)27)10-18(21)19(14)24-17-7-8-26(13-17)12-15-5-3-2-4-6-15/h2-6,9-11,17,24H,7-8,12-13H2,1H3,(H3,22,25,27)/b23-11+/t17-/m1/s1. The molecule has 3 rings (SSSR count). The Kier molecular flexibility index (Phi) is 6.36. The highest BCUT2D eigenvalue weighted by Gasteiger charge is 2.23. The molecule has 1 saturated heterocycles. The van der Waals surface area contributed by atoms with Gasteiger partial charge in [-0.05, 0) is 54.4 Å². The average molecular weight is 386 g/mol. The van der Waals surface area contributed by atoms with Gasteiger partial charge in [-0.3, -0.25) is 10.3 Å². The number of aryl methyl sites for hydroxylation is 1. The van der Waals surface area contributed by atoms with Crippen LogP contribution in [-0.2, 0) is 6.54 Å². The van der Waals surface area contributed by atoms with Gasteiger partial charge >= 0.3 is 0 Å². The summed E-state index contributed by atoms with van der Waals surface area (Å²) >= 11 is 4.68. The van der Waals surface area contributed by atoms with Crippen molar-refractivity contribution in [2.45, 2.75) is 25.9 Å². The number of rotatable bonds is 6. The maximum atomic E-state index is 14.6. The molecule has 0 amide bonds. The van der Waals surface area contributed by atoms with Crippen molar-refractivity contribution in [3.05, 3.63) is 65.0 Å². The highest BCUT2D eigenvalue weighted by atomic mass is 32.1. The van der Waals surface area contributed by atoms with Gasteiger partial charge in [-0.2, -0.15) is 5.10 Å². The molecule has 2 aromatic rings. The minimum absolute atomic E-state index is 0.0722. The fraction of sp³-hybridized carbons (Fsp3) is 0.300. The summed E-state index contributed by atoms with van der Waals surface area (Å²) in [5.74, 6) is -0.284. The molecule has 1 heterocycles. The molecule has 0 spiro atoms. The van der Waals surface area contributed by atoms with Crippen LogP contribution in [0.2, 0.25) is 0 Å². The highest BCUT2D eigenvalue weighted by molar-refractivity contribution is 7.80. The van der Waals surface area contributed by atoms with Crippen molar-refractivity contribution < 1.29 is 4.39 Å². The van der Waals surface area contributed by atoms with Crippen LogP contribution >= 0.6 is 12.2 Å². The third kappa shape index (κ3) is 5.48. The number of thiocarbonyl (C=S) groups is 1. The predicted octanol–water partition coefficient (Wildman–Crippen LogP) is 2.99. The van der Waals surface area contributed by atoms with E-state index in [0.717, 1.165) is 31.6 Å². The average Bonchev–Trinajstić information content (AvgIpc) is 3.06. The summed E-state index contributed by atoms with van der Waals surface area (Å²) in [5, 5.41) is 7.32. The molecule has 7 heteroatoms. The Morgan fingerprint density at radius 3 is 2.85 bits per heavy atom. The molecule has 0 bridgehead atoms. The predicted molar refractivity (Wildman–Crippen MR) is 112 cm³/mol. The van der Waals surface area contributed by atoms with E-state index in [1.807, 2.05) is 19.1 Å². The van der Waals surface area contributed by atoms with E-state index in [9.17, 15) is 4.39 Å². The lowest BCUT2D eigenvalue weighted by molar-refractivity contribution is 0.328. The first-order valence-electron chi connectivity index (χ1n) is 8.93. The van der Waals surface area contributed by atoms with Crippen LogP contribution in [0.4, 0.5) is 10.1 Å². The fourth-order valence-electron chi connectivity index (χ4n) is 3.34. The van der Waals surface area contributed by atoms with Gasteiger partial charge in [0, 0.05) is 25.7 Å². The van der Waals surface area contributed by atoms with E-state index in [1.165, 1.54) is 17.8 Å².